The van der Waals surface area contributed by atoms with Crippen molar-refractivity contribution in [1.29, 1.82) is 0 Å². The van der Waals surface area contributed by atoms with E-state index in [0.717, 1.165) is 12.8 Å². The second kappa shape index (κ2) is 11.4. The highest BCUT2D eigenvalue weighted by molar-refractivity contribution is 7.23. The summed E-state index contributed by atoms with van der Waals surface area (Å²) < 4.78 is 5.24. The number of benzene rings is 7. The number of hydrogen-bond donors (Lipinski definition) is 2. The van der Waals surface area contributed by atoms with Crippen molar-refractivity contribution in [3.05, 3.63) is 179 Å². The van der Waals surface area contributed by atoms with Gasteiger partial charge in [0.05, 0.1) is 32.7 Å². The van der Waals surface area contributed by atoms with Crippen molar-refractivity contribution in [2.75, 3.05) is 5.32 Å². The van der Waals surface area contributed by atoms with Gasteiger partial charge in [-0.15, -0.1) is 22.7 Å². The molecule has 1 aliphatic heterocycles. The summed E-state index contributed by atoms with van der Waals surface area (Å²) in [7, 11) is 0. The van der Waals surface area contributed by atoms with Gasteiger partial charge >= 0.3 is 0 Å². The van der Waals surface area contributed by atoms with E-state index in [1.54, 1.807) is 0 Å². The van der Waals surface area contributed by atoms with Gasteiger partial charge in [-0.25, -0.2) is 0 Å². The third-order valence-corrected chi connectivity index (χ3v) is 14.0. The Morgan fingerprint density at radius 2 is 1.32 bits per heavy atom. The molecule has 4 heterocycles. The molecule has 12 rings (SSSR count). The summed E-state index contributed by atoms with van der Waals surface area (Å²) in [5.41, 5.74) is 9.26. The Labute approximate surface area is 314 Å². The fraction of sp³-hybridized carbons (Fsp3) is 0.0833. The van der Waals surface area contributed by atoms with Crippen molar-refractivity contribution in [3.63, 3.8) is 0 Å². The molecule has 0 spiro atoms. The van der Waals surface area contributed by atoms with E-state index < -0.39 is 0 Å². The molecule has 0 fully saturated rings. The maximum atomic E-state index is 4.14. The maximum absolute atomic E-state index is 4.14. The molecule has 53 heavy (non-hydrogen) atoms. The summed E-state index contributed by atoms with van der Waals surface area (Å²) in [6.07, 6.45) is 4.47. The molecule has 5 heteroatoms. The van der Waals surface area contributed by atoms with Gasteiger partial charge in [0.15, 0.2) is 0 Å². The van der Waals surface area contributed by atoms with Crippen LogP contribution in [0.1, 0.15) is 45.8 Å². The van der Waals surface area contributed by atoms with E-state index in [0.29, 0.717) is 0 Å². The molecule has 0 radical (unpaired) electrons. The summed E-state index contributed by atoms with van der Waals surface area (Å²) in [4.78, 5) is 1.39. The van der Waals surface area contributed by atoms with Gasteiger partial charge in [0.25, 0.3) is 0 Å². The van der Waals surface area contributed by atoms with E-state index in [1.165, 1.54) is 101 Å². The molecule has 10 aromatic rings. The van der Waals surface area contributed by atoms with E-state index >= 15 is 0 Å². The first-order valence-electron chi connectivity index (χ1n) is 18.5. The summed E-state index contributed by atoms with van der Waals surface area (Å²) in [5, 5.41) is 20.0. The average Bonchev–Trinajstić information content (AvgIpc) is 3.89. The first-order chi connectivity index (χ1) is 26.3. The van der Waals surface area contributed by atoms with E-state index in [1.807, 2.05) is 22.7 Å². The minimum Gasteiger partial charge on any atom is -0.357 e. The molecule has 2 N–H and O–H groups in total. The summed E-state index contributed by atoms with van der Waals surface area (Å²) >= 11 is 3.85. The Morgan fingerprint density at radius 3 is 2.19 bits per heavy atom. The smallest absolute Gasteiger partial charge is 0.106 e. The van der Waals surface area contributed by atoms with Crippen LogP contribution in [0.5, 0.6) is 0 Å². The van der Waals surface area contributed by atoms with Crippen molar-refractivity contribution in [1.82, 2.24) is 9.88 Å². The summed E-state index contributed by atoms with van der Waals surface area (Å²) in [6.45, 7) is 0. The number of para-hydroxylation sites is 1. The molecule has 2 unspecified atom stereocenters. The minimum atomic E-state index is -0.0694. The molecule has 3 nitrogen and oxygen atoms in total. The van der Waals surface area contributed by atoms with Crippen LogP contribution in [0.2, 0.25) is 0 Å². The van der Waals surface area contributed by atoms with Crippen molar-refractivity contribution >= 4 is 96.9 Å². The topological polar surface area (TPSA) is 29.0 Å². The largest absolute Gasteiger partial charge is 0.357 e. The van der Waals surface area contributed by atoms with E-state index in [4.69, 9.17) is 0 Å². The molecular weight excluding hydrogens is 683 g/mol. The van der Waals surface area contributed by atoms with Crippen molar-refractivity contribution in [2.24, 2.45) is 0 Å². The molecule has 2 atom stereocenters. The van der Waals surface area contributed by atoms with Gasteiger partial charge < -0.3 is 9.88 Å². The van der Waals surface area contributed by atoms with Crippen LogP contribution < -0.4 is 10.6 Å². The molecule has 0 saturated carbocycles. The standard InChI is InChI=1S/C48H33N3S2/c1-2-13-28(14-3-1)44-43-34-20-9-11-24-41(34)52-48(43)50-47(49-44)37-26-31-17-6-7-18-32(31)42-35-21-12-23-39(45(35)53-46(37)42)51-38-22-10-8-19-33(38)36-25-29-15-4-5-16-30(29)27-40(36)51/h1-11,13-20,22-27,44,47,49-50H,12,21H2. The van der Waals surface area contributed by atoms with Gasteiger partial charge in [0.2, 0.25) is 0 Å². The molecule has 7 aromatic carbocycles. The van der Waals surface area contributed by atoms with Gasteiger partial charge in [0, 0.05) is 36.7 Å². The molecule has 0 amide bonds. The highest BCUT2D eigenvalue weighted by atomic mass is 32.1. The van der Waals surface area contributed by atoms with Crippen LogP contribution in [0.4, 0.5) is 5.00 Å². The lowest BCUT2D eigenvalue weighted by molar-refractivity contribution is 0.514. The number of allylic oxidation sites excluding steroid dienone is 1. The summed E-state index contributed by atoms with van der Waals surface area (Å²) in [5.74, 6) is 0. The van der Waals surface area contributed by atoms with Crippen LogP contribution in [0.25, 0.3) is 69.2 Å². The Bertz CT molecular complexity index is 3140. The van der Waals surface area contributed by atoms with Crippen LogP contribution in [0.15, 0.2) is 152 Å². The Kier molecular flexibility index (Phi) is 6.41. The van der Waals surface area contributed by atoms with Gasteiger partial charge in [-0.05, 0) is 81.2 Å². The lowest BCUT2D eigenvalue weighted by atomic mass is 9.91. The normalized spacial score (nSPS) is 17.1. The highest BCUT2D eigenvalue weighted by Gasteiger charge is 2.34. The van der Waals surface area contributed by atoms with Crippen LogP contribution in [-0.2, 0) is 6.42 Å². The third kappa shape index (κ3) is 4.36. The Morgan fingerprint density at radius 1 is 0.604 bits per heavy atom. The second-order valence-electron chi connectivity index (χ2n) is 14.4. The first-order valence-corrected chi connectivity index (χ1v) is 20.1. The number of aromatic nitrogens is 1. The quantitative estimate of drug-likeness (QED) is 0.191. The summed E-state index contributed by atoms with van der Waals surface area (Å²) in [6, 6.07) is 53.8. The lowest BCUT2D eigenvalue weighted by Gasteiger charge is -2.34. The zero-order chi connectivity index (χ0) is 34.6. The van der Waals surface area contributed by atoms with Gasteiger partial charge in [-0.2, -0.15) is 0 Å². The zero-order valence-electron chi connectivity index (χ0n) is 28.8. The number of hydrogen-bond acceptors (Lipinski definition) is 4. The fourth-order valence-electron chi connectivity index (χ4n) is 9.21. The molecule has 1 aliphatic carbocycles. The number of nitrogens with zero attached hydrogens (tertiary/aromatic N) is 1. The van der Waals surface area contributed by atoms with E-state index in [9.17, 15) is 0 Å². The number of aryl methyl sites for hydroxylation is 1. The third-order valence-electron chi connectivity index (χ3n) is 11.5. The molecule has 2 aliphatic rings. The number of anilines is 1. The zero-order valence-corrected chi connectivity index (χ0v) is 30.4. The van der Waals surface area contributed by atoms with Crippen LogP contribution >= 0.6 is 22.7 Å². The fourth-order valence-corrected chi connectivity index (χ4v) is 11.8. The van der Waals surface area contributed by atoms with Gasteiger partial charge in [-0.3, -0.25) is 5.32 Å². The van der Waals surface area contributed by atoms with Gasteiger partial charge in [-0.1, -0.05) is 121 Å². The predicted octanol–water partition coefficient (Wildman–Crippen LogP) is 13.2. The molecule has 0 bridgehead atoms. The minimum absolute atomic E-state index is 0.0626. The van der Waals surface area contributed by atoms with E-state index in [2.05, 4.69) is 167 Å². The average molecular weight is 716 g/mol. The van der Waals surface area contributed by atoms with Crippen molar-refractivity contribution in [2.45, 2.75) is 25.0 Å². The van der Waals surface area contributed by atoms with Gasteiger partial charge in [0.1, 0.15) is 6.17 Å². The number of nitrogens with one attached hydrogen (secondary N) is 2. The van der Waals surface area contributed by atoms with E-state index in [-0.39, 0.29) is 12.2 Å². The highest BCUT2D eigenvalue weighted by Crippen LogP contribution is 2.51. The van der Waals surface area contributed by atoms with Crippen LogP contribution in [-0.4, -0.2) is 4.57 Å². The maximum Gasteiger partial charge on any atom is 0.106 e. The Balaban J connectivity index is 1.10. The number of rotatable bonds is 3. The molecule has 0 saturated heterocycles. The SMILES string of the molecule is C1=C(n2c3ccccc3c3cc4ccccc4cc32)c2sc3c(C4Nc5sc6ccccc6c5C(c5ccccc5)N4)cc4ccccc4c3c2CC1. The van der Waals surface area contributed by atoms with Crippen LogP contribution in [0.3, 0.4) is 0 Å². The Hall–Kier alpha value is -5.72. The number of thiophene rings is 2. The first kappa shape index (κ1) is 29.8. The molecule has 3 aromatic heterocycles. The monoisotopic (exact) mass is 715 g/mol. The molecule has 252 valence electrons. The van der Waals surface area contributed by atoms with Crippen molar-refractivity contribution < 1.29 is 0 Å². The van der Waals surface area contributed by atoms with Crippen LogP contribution in [0, 0.1) is 0 Å². The number of fused-ring (bicyclic) bond motifs is 12. The lowest BCUT2D eigenvalue weighted by Crippen LogP contribution is -2.36. The molecular formula is C48H33N3S2. The van der Waals surface area contributed by atoms with Crippen molar-refractivity contribution in [3.8, 4) is 0 Å². The predicted molar refractivity (Wildman–Crippen MR) is 228 cm³/mol. The second-order valence-corrected chi connectivity index (χ2v) is 16.5.